The summed E-state index contributed by atoms with van der Waals surface area (Å²) in [5.41, 5.74) is 0.262. The van der Waals surface area contributed by atoms with Crippen molar-refractivity contribution in [2.24, 2.45) is 5.92 Å². The van der Waals surface area contributed by atoms with E-state index < -0.39 is 23.7 Å². The van der Waals surface area contributed by atoms with Crippen molar-refractivity contribution in [2.45, 2.75) is 18.9 Å². The van der Waals surface area contributed by atoms with E-state index in [-0.39, 0.29) is 11.5 Å². The van der Waals surface area contributed by atoms with Gasteiger partial charge in [0.25, 0.3) is 5.91 Å². The fourth-order valence-corrected chi connectivity index (χ4v) is 1.64. The van der Waals surface area contributed by atoms with Gasteiger partial charge in [0.15, 0.2) is 0 Å². The lowest BCUT2D eigenvalue weighted by Gasteiger charge is -2.13. The molecule has 0 aliphatic heterocycles. The normalized spacial score (nSPS) is 16.3. The topological polar surface area (TPSA) is 66.4 Å². The molecule has 90 valence electrons. The van der Waals surface area contributed by atoms with Crippen LogP contribution in [0.25, 0.3) is 0 Å². The molecule has 4 nitrogen and oxygen atoms in total. The third-order valence-electron chi connectivity index (χ3n) is 2.75. The highest BCUT2D eigenvalue weighted by atomic mass is 19.1. The molecule has 0 radical (unpaired) electrons. The van der Waals surface area contributed by atoms with Gasteiger partial charge in [0.2, 0.25) is 0 Å². The smallest absolute Gasteiger partial charge is 0.326 e. The van der Waals surface area contributed by atoms with Crippen molar-refractivity contribution < 1.29 is 19.1 Å². The lowest BCUT2D eigenvalue weighted by atomic mass is 10.1. The summed E-state index contributed by atoms with van der Waals surface area (Å²) >= 11 is 0. The Morgan fingerprint density at radius 3 is 2.35 bits per heavy atom. The maximum atomic E-state index is 12.7. The molecule has 0 spiro atoms. The monoisotopic (exact) mass is 237 g/mol. The van der Waals surface area contributed by atoms with Crippen LogP contribution in [0.15, 0.2) is 24.3 Å². The van der Waals surface area contributed by atoms with Crippen LogP contribution >= 0.6 is 0 Å². The summed E-state index contributed by atoms with van der Waals surface area (Å²) < 4.78 is 12.7. The van der Waals surface area contributed by atoms with Crippen molar-refractivity contribution >= 4 is 11.9 Å². The molecule has 1 aromatic rings. The van der Waals surface area contributed by atoms with Gasteiger partial charge in [-0.25, -0.2) is 9.18 Å². The maximum Gasteiger partial charge on any atom is 0.326 e. The van der Waals surface area contributed by atoms with E-state index >= 15 is 0 Å². The Morgan fingerprint density at radius 2 is 1.88 bits per heavy atom. The van der Waals surface area contributed by atoms with Crippen molar-refractivity contribution in [3.05, 3.63) is 35.6 Å². The summed E-state index contributed by atoms with van der Waals surface area (Å²) in [4.78, 5) is 22.6. The molecule has 1 aliphatic carbocycles. The Kier molecular flexibility index (Phi) is 3.08. The molecule has 1 saturated carbocycles. The van der Waals surface area contributed by atoms with E-state index in [2.05, 4.69) is 5.32 Å². The van der Waals surface area contributed by atoms with Crippen LogP contribution in [0.4, 0.5) is 4.39 Å². The molecule has 0 aromatic heterocycles. The summed E-state index contributed by atoms with van der Waals surface area (Å²) in [6, 6.07) is 4.16. The maximum absolute atomic E-state index is 12.7. The minimum Gasteiger partial charge on any atom is -0.480 e. The van der Waals surface area contributed by atoms with E-state index in [9.17, 15) is 14.0 Å². The van der Waals surface area contributed by atoms with Gasteiger partial charge in [-0.2, -0.15) is 0 Å². The second-order valence-electron chi connectivity index (χ2n) is 4.13. The molecule has 2 rings (SSSR count). The molecule has 1 aromatic carbocycles. The van der Waals surface area contributed by atoms with Crippen molar-refractivity contribution in [1.29, 1.82) is 0 Å². The predicted octanol–water partition coefficient (Wildman–Crippen LogP) is 1.42. The van der Waals surface area contributed by atoms with Crippen LogP contribution in [0.1, 0.15) is 23.2 Å². The van der Waals surface area contributed by atoms with Crippen LogP contribution in [-0.2, 0) is 4.79 Å². The van der Waals surface area contributed by atoms with Crippen LogP contribution in [0, 0.1) is 11.7 Å². The number of carboxylic acids is 1. The van der Waals surface area contributed by atoms with Gasteiger partial charge in [-0.05, 0) is 43.0 Å². The number of hydrogen-bond donors (Lipinski definition) is 2. The zero-order valence-electron chi connectivity index (χ0n) is 9.02. The minimum atomic E-state index is -1.03. The van der Waals surface area contributed by atoms with Gasteiger partial charge in [-0.15, -0.1) is 0 Å². The Balaban J connectivity index is 2.04. The van der Waals surface area contributed by atoms with Crippen LogP contribution < -0.4 is 5.32 Å². The number of carboxylic acid groups (broad SMARTS) is 1. The summed E-state index contributed by atoms with van der Waals surface area (Å²) in [5.74, 6) is -1.91. The summed E-state index contributed by atoms with van der Waals surface area (Å²) in [6.45, 7) is 0. The van der Waals surface area contributed by atoms with Gasteiger partial charge < -0.3 is 10.4 Å². The van der Waals surface area contributed by atoms with Crippen molar-refractivity contribution in [1.82, 2.24) is 5.32 Å². The second-order valence-corrected chi connectivity index (χ2v) is 4.13. The van der Waals surface area contributed by atoms with Crippen molar-refractivity contribution in [2.75, 3.05) is 0 Å². The van der Waals surface area contributed by atoms with Gasteiger partial charge in [0.05, 0.1) is 0 Å². The molecule has 1 amide bonds. The van der Waals surface area contributed by atoms with E-state index in [0.717, 1.165) is 12.8 Å². The zero-order chi connectivity index (χ0) is 12.4. The van der Waals surface area contributed by atoms with Gasteiger partial charge in [0.1, 0.15) is 11.9 Å². The first-order valence-corrected chi connectivity index (χ1v) is 5.37. The third-order valence-corrected chi connectivity index (χ3v) is 2.75. The van der Waals surface area contributed by atoms with E-state index in [0.29, 0.717) is 0 Å². The van der Waals surface area contributed by atoms with Gasteiger partial charge in [0, 0.05) is 5.56 Å². The van der Waals surface area contributed by atoms with E-state index in [1.807, 2.05) is 0 Å². The van der Waals surface area contributed by atoms with Crippen LogP contribution in [-0.4, -0.2) is 23.0 Å². The van der Waals surface area contributed by atoms with Gasteiger partial charge in [-0.3, -0.25) is 4.79 Å². The Bertz CT molecular complexity index is 440. The van der Waals surface area contributed by atoms with E-state index in [4.69, 9.17) is 5.11 Å². The molecule has 0 bridgehead atoms. The molecular formula is C12H12FNO3. The van der Waals surface area contributed by atoms with Crippen LogP contribution in [0.5, 0.6) is 0 Å². The molecule has 0 heterocycles. The largest absolute Gasteiger partial charge is 0.480 e. The first kappa shape index (κ1) is 11.6. The number of benzene rings is 1. The number of rotatable bonds is 4. The molecule has 2 N–H and O–H groups in total. The zero-order valence-corrected chi connectivity index (χ0v) is 9.02. The number of carbonyl (C=O) groups excluding carboxylic acids is 1. The molecule has 1 aliphatic rings. The van der Waals surface area contributed by atoms with Crippen LogP contribution in [0.2, 0.25) is 0 Å². The molecule has 1 fully saturated rings. The number of halogens is 1. The van der Waals surface area contributed by atoms with Crippen molar-refractivity contribution in [3.63, 3.8) is 0 Å². The molecule has 5 heteroatoms. The average Bonchev–Trinajstić information content (AvgIpc) is 3.10. The van der Waals surface area contributed by atoms with Crippen LogP contribution in [0.3, 0.4) is 0 Å². The minimum absolute atomic E-state index is 0.0249. The number of nitrogens with one attached hydrogen (secondary N) is 1. The Morgan fingerprint density at radius 1 is 1.29 bits per heavy atom. The summed E-state index contributed by atoms with van der Waals surface area (Å²) in [6.07, 6.45) is 1.64. The second kappa shape index (κ2) is 4.53. The Hall–Kier alpha value is -1.91. The highest BCUT2D eigenvalue weighted by Crippen LogP contribution is 2.32. The highest BCUT2D eigenvalue weighted by molar-refractivity contribution is 5.96. The first-order valence-electron chi connectivity index (χ1n) is 5.37. The lowest BCUT2D eigenvalue weighted by molar-refractivity contribution is -0.139. The van der Waals surface area contributed by atoms with Gasteiger partial charge >= 0.3 is 5.97 Å². The predicted molar refractivity (Wildman–Crippen MR) is 58.0 cm³/mol. The number of carbonyl (C=O) groups is 2. The molecular weight excluding hydrogens is 225 g/mol. The van der Waals surface area contributed by atoms with E-state index in [1.165, 1.54) is 24.3 Å². The molecule has 1 unspecified atom stereocenters. The number of amides is 1. The first-order chi connectivity index (χ1) is 8.08. The molecule has 1 atom stereocenters. The lowest BCUT2D eigenvalue weighted by Crippen LogP contribution is -2.42. The van der Waals surface area contributed by atoms with Crippen molar-refractivity contribution in [3.8, 4) is 0 Å². The average molecular weight is 237 g/mol. The summed E-state index contributed by atoms with van der Waals surface area (Å²) in [7, 11) is 0. The molecule has 0 saturated heterocycles. The van der Waals surface area contributed by atoms with E-state index in [1.54, 1.807) is 0 Å². The standard InChI is InChI=1S/C12H12FNO3/c13-9-5-3-8(4-6-9)11(15)14-10(12(16)17)7-1-2-7/h3-7,10H,1-2H2,(H,14,15)(H,16,17). The highest BCUT2D eigenvalue weighted by Gasteiger charge is 2.37. The third kappa shape index (κ3) is 2.81. The number of hydrogen-bond acceptors (Lipinski definition) is 2. The summed E-state index contributed by atoms with van der Waals surface area (Å²) in [5, 5.41) is 11.4. The fraction of sp³-hybridized carbons (Fsp3) is 0.333. The SMILES string of the molecule is O=C(NC(C(=O)O)C1CC1)c1ccc(F)cc1. The quantitative estimate of drug-likeness (QED) is 0.832. The molecule has 17 heavy (non-hydrogen) atoms. The Labute approximate surface area is 97.4 Å². The van der Waals surface area contributed by atoms with Gasteiger partial charge in [-0.1, -0.05) is 0 Å². The fourth-order valence-electron chi connectivity index (χ4n) is 1.64. The number of aliphatic carboxylic acids is 1.